The van der Waals surface area contributed by atoms with Crippen molar-refractivity contribution in [3.8, 4) is 0 Å². The van der Waals surface area contributed by atoms with E-state index < -0.39 is 6.03 Å². The van der Waals surface area contributed by atoms with Gasteiger partial charge in [-0.05, 0) is 17.7 Å². The lowest BCUT2D eigenvalue weighted by Gasteiger charge is -2.25. The fraction of sp³-hybridized carbons (Fsp3) is 0.385. The van der Waals surface area contributed by atoms with Gasteiger partial charge >= 0.3 is 11.8 Å². The first-order valence-corrected chi connectivity index (χ1v) is 5.94. The number of benzene rings is 1. The lowest BCUT2D eigenvalue weighted by Crippen LogP contribution is -2.39. The van der Waals surface area contributed by atoms with Crippen LogP contribution in [-0.4, -0.2) is 17.1 Å². The molecule has 0 aliphatic rings. The van der Waals surface area contributed by atoms with E-state index in [0.29, 0.717) is 12.1 Å². The highest BCUT2D eigenvalue weighted by Crippen LogP contribution is 2.25. The first kappa shape index (κ1) is 13.2. The molecular formula is C13H17N3O3. The third-order valence-electron chi connectivity index (χ3n) is 3.28. The fourth-order valence-electron chi connectivity index (χ4n) is 1.96. The van der Waals surface area contributed by atoms with Gasteiger partial charge in [-0.1, -0.05) is 19.9 Å². The van der Waals surface area contributed by atoms with Gasteiger partial charge in [0.05, 0.1) is 5.52 Å². The van der Waals surface area contributed by atoms with Crippen LogP contribution in [0.4, 0.5) is 4.79 Å². The van der Waals surface area contributed by atoms with Crippen LogP contribution in [-0.2, 0) is 12.5 Å². The van der Waals surface area contributed by atoms with Crippen LogP contribution in [0.5, 0.6) is 0 Å². The standard InChI is InChI=1S/C13H17N3O3/c1-13(2,7-15-11(14)17)8-4-5-9-10(6-8)19-12(18)16(9)3/h4-6H,7H2,1-3H3,(H3,14,15,17). The predicted molar refractivity (Wildman–Crippen MR) is 72.1 cm³/mol. The van der Waals surface area contributed by atoms with Crippen LogP contribution in [0, 0.1) is 0 Å². The van der Waals surface area contributed by atoms with Gasteiger partial charge in [-0.3, -0.25) is 4.57 Å². The Balaban J connectivity index is 2.40. The third kappa shape index (κ3) is 2.47. The van der Waals surface area contributed by atoms with Crippen LogP contribution in [0.15, 0.2) is 27.4 Å². The summed E-state index contributed by atoms with van der Waals surface area (Å²) in [5, 5.41) is 2.59. The van der Waals surface area contributed by atoms with Crippen molar-refractivity contribution in [2.24, 2.45) is 12.8 Å². The minimum atomic E-state index is -0.555. The van der Waals surface area contributed by atoms with Crippen molar-refractivity contribution in [3.63, 3.8) is 0 Å². The Labute approximate surface area is 110 Å². The van der Waals surface area contributed by atoms with E-state index in [1.165, 1.54) is 4.57 Å². The Kier molecular flexibility index (Phi) is 3.09. The Morgan fingerprint density at radius 1 is 1.47 bits per heavy atom. The summed E-state index contributed by atoms with van der Waals surface area (Å²) < 4.78 is 6.61. The quantitative estimate of drug-likeness (QED) is 0.868. The normalized spacial score (nSPS) is 11.7. The molecule has 1 aromatic carbocycles. The molecule has 2 aromatic rings. The van der Waals surface area contributed by atoms with E-state index in [1.54, 1.807) is 7.05 Å². The first-order chi connectivity index (χ1) is 8.81. The van der Waals surface area contributed by atoms with Crippen molar-refractivity contribution in [2.75, 3.05) is 6.54 Å². The lowest BCUT2D eigenvalue weighted by atomic mass is 9.84. The van der Waals surface area contributed by atoms with E-state index in [9.17, 15) is 9.59 Å². The van der Waals surface area contributed by atoms with Crippen LogP contribution >= 0.6 is 0 Å². The summed E-state index contributed by atoms with van der Waals surface area (Å²) in [6, 6.07) is 5.02. The van der Waals surface area contributed by atoms with E-state index in [-0.39, 0.29) is 11.2 Å². The number of fused-ring (bicyclic) bond motifs is 1. The highest BCUT2D eigenvalue weighted by atomic mass is 16.4. The first-order valence-electron chi connectivity index (χ1n) is 5.94. The number of aromatic nitrogens is 1. The summed E-state index contributed by atoms with van der Waals surface area (Å²) in [6.07, 6.45) is 0. The zero-order valence-electron chi connectivity index (χ0n) is 11.2. The second kappa shape index (κ2) is 4.46. The molecule has 0 unspecified atom stereocenters. The molecule has 0 radical (unpaired) electrons. The SMILES string of the molecule is Cn1c(=O)oc2cc(C(C)(C)CNC(N)=O)ccc21. The second-order valence-corrected chi connectivity index (χ2v) is 5.21. The molecule has 6 nitrogen and oxygen atoms in total. The molecule has 3 N–H and O–H groups in total. The number of oxazole rings is 1. The minimum absolute atomic E-state index is 0.308. The Hall–Kier alpha value is -2.24. The van der Waals surface area contributed by atoms with E-state index in [2.05, 4.69) is 5.32 Å². The maximum Gasteiger partial charge on any atom is 0.419 e. The van der Waals surface area contributed by atoms with Gasteiger partial charge in [-0.25, -0.2) is 9.59 Å². The third-order valence-corrected chi connectivity index (χ3v) is 3.28. The molecule has 0 bridgehead atoms. The average Bonchev–Trinajstić information content (AvgIpc) is 2.62. The van der Waals surface area contributed by atoms with Crippen molar-refractivity contribution in [1.29, 1.82) is 0 Å². The van der Waals surface area contributed by atoms with Gasteiger partial charge in [-0.2, -0.15) is 0 Å². The fourth-order valence-corrected chi connectivity index (χ4v) is 1.96. The number of primary amides is 1. The van der Waals surface area contributed by atoms with E-state index >= 15 is 0 Å². The Morgan fingerprint density at radius 3 is 2.79 bits per heavy atom. The predicted octanol–water partition coefficient (Wildman–Crippen LogP) is 1.08. The van der Waals surface area contributed by atoms with Crippen LogP contribution < -0.4 is 16.8 Å². The molecule has 0 saturated heterocycles. The van der Waals surface area contributed by atoms with Crippen molar-refractivity contribution in [2.45, 2.75) is 19.3 Å². The van der Waals surface area contributed by atoms with Crippen molar-refractivity contribution < 1.29 is 9.21 Å². The summed E-state index contributed by atoms with van der Waals surface area (Å²) in [6.45, 7) is 4.36. The summed E-state index contributed by atoms with van der Waals surface area (Å²) >= 11 is 0. The monoisotopic (exact) mass is 263 g/mol. The Bertz CT molecular complexity index is 682. The number of carbonyl (C=O) groups excluding carboxylic acids is 1. The number of amides is 2. The molecule has 0 aliphatic carbocycles. The summed E-state index contributed by atoms with van der Waals surface area (Å²) in [4.78, 5) is 22.2. The number of nitrogens with two attached hydrogens (primary N) is 1. The molecular weight excluding hydrogens is 246 g/mol. The molecule has 2 amide bonds. The zero-order valence-corrected chi connectivity index (χ0v) is 11.2. The largest absolute Gasteiger partial charge is 0.419 e. The van der Waals surface area contributed by atoms with Gasteiger partial charge in [0.25, 0.3) is 0 Å². The molecule has 2 rings (SSSR count). The van der Waals surface area contributed by atoms with Gasteiger partial charge in [0.1, 0.15) is 0 Å². The number of nitrogens with one attached hydrogen (secondary N) is 1. The molecule has 0 spiro atoms. The highest BCUT2D eigenvalue weighted by Gasteiger charge is 2.22. The van der Waals surface area contributed by atoms with Crippen molar-refractivity contribution >= 4 is 17.1 Å². The van der Waals surface area contributed by atoms with Gasteiger partial charge in [0.2, 0.25) is 0 Å². The number of nitrogens with zero attached hydrogens (tertiary/aromatic N) is 1. The number of hydrogen-bond acceptors (Lipinski definition) is 3. The molecule has 19 heavy (non-hydrogen) atoms. The number of carbonyl (C=O) groups is 1. The van der Waals surface area contributed by atoms with Crippen LogP contribution in [0.3, 0.4) is 0 Å². The molecule has 1 aromatic heterocycles. The lowest BCUT2D eigenvalue weighted by molar-refractivity contribution is 0.246. The van der Waals surface area contributed by atoms with E-state index in [1.807, 2.05) is 32.0 Å². The van der Waals surface area contributed by atoms with Crippen molar-refractivity contribution in [3.05, 3.63) is 34.3 Å². The molecule has 6 heteroatoms. The molecule has 102 valence electrons. The molecule has 0 saturated carbocycles. The molecule has 0 aliphatic heterocycles. The molecule has 0 fully saturated rings. The van der Waals surface area contributed by atoms with E-state index in [0.717, 1.165) is 11.1 Å². The number of hydrogen-bond donors (Lipinski definition) is 2. The van der Waals surface area contributed by atoms with Gasteiger partial charge in [-0.15, -0.1) is 0 Å². The minimum Gasteiger partial charge on any atom is -0.408 e. The summed E-state index contributed by atoms with van der Waals surface area (Å²) in [5.74, 6) is -0.389. The maximum absolute atomic E-state index is 11.4. The van der Waals surface area contributed by atoms with Gasteiger partial charge in [0, 0.05) is 19.0 Å². The maximum atomic E-state index is 11.4. The summed E-state index contributed by atoms with van der Waals surface area (Å²) in [5.41, 5.74) is 7.01. The number of rotatable bonds is 3. The van der Waals surface area contributed by atoms with Crippen LogP contribution in [0.2, 0.25) is 0 Å². The molecule has 1 heterocycles. The van der Waals surface area contributed by atoms with Crippen LogP contribution in [0.25, 0.3) is 11.1 Å². The molecule has 0 atom stereocenters. The zero-order chi connectivity index (χ0) is 14.2. The smallest absolute Gasteiger partial charge is 0.408 e. The Morgan fingerprint density at radius 2 is 2.16 bits per heavy atom. The number of urea groups is 1. The van der Waals surface area contributed by atoms with Gasteiger partial charge < -0.3 is 15.5 Å². The van der Waals surface area contributed by atoms with Crippen LogP contribution in [0.1, 0.15) is 19.4 Å². The number of aryl methyl sites for hydroxylation is 1. The highest BCUT2D eigenvalue weighted by molar-refractivity contribution is 5.74. The second-order valence-electron chi connectivity index (χ2n) is 5.21. The van der Waals surface area contributed by atoms with Crippen molar-refractivity contribution in [1.82, 2.24) is 9.88 Å². The summed E-state index contributed by atoms with van der Waals surface area (Å²) in [7, 11) is 1.66. The van der Waals surface area contributed by atoms with E-state index in [4.69, 9.17) is 10.2 Å². The topological polar surface area (TPSA) is 90.3 Å². The van der Waals surface area contributed by atoms with Gasteiger partial charge in [0.15, 0.2) is 5.58 Å². The average molecular weight is 263 g/mol.